The Morgan fingerprint density at radius 1 is 0.931 bits per heavy atom. The first-order chi connectivity index (χ1) is 14.3. The maximum atomic E-state index is 12.4. The molecule has 154 valence electrons. The molecule has 2 heterocycles. The topological polar surface area (TPSA) is 50.8 Å². The van der Waals surface area contributed by atoms with Crippen molar-refractivity contribution in [1.29, 1.82) is 0 Å². The van der Waals surface area contributed by atoms with Crippen LogP contribution in [0, 0.1) is 0 Å². The number of carbonyl (C=O) groups is 1. The van der Waals surface area contributed by atoms with E-state index in [1.807, 2.05) is 18.2 Å². The maximum Gasteiger partial charge on any atom is 0.220 e. The SMILES string of the molecule is O=C(CCc1ccc2c(c1)OCCO2)NCc1ccccc1CN1CCCCC1. The number of hydrogen-bond donors (Lipinski definition) is 1. The number of nitrogens with one attached hydrogen (secondary N) is 1. The van der Waals surface area contributed by atoms with E-state index in [-0.39, 0.29) is 5.91 Å². The van der Waals surface area contributed by atoms with Gasteiger partial charge < -0.3 is 14.8 Å². The Kier molecular flexibility index (Phi) is 6.67. The van der Waals surface area contributed by atoms with Crippen LogP contribution >= 0.6 is 0 Å². The molecule has 5 nitrogen and oxygen atoms in total. The molecule has 4 rings (SSSR count). The van der Waals surface area contributed by atoms with Crippen molar-refractivity contribution in [2.24, 2.45) is 0 Å². The van der Waals surface area contributed by atoms with Gasteiger partial charge in [0.25, 0.3) is 0 Å². The monoisotopic (exact) mass is 394 g/mol. The molecule has 1 amide bonds. The van der Waals surface area contributed by atoms with E-state index in [4.69, 9.17) is 9.47 Å². The summed E-state index contributed by atoms with van der Waals surface area (Å²) in [5.41, 5.74) is 3.63. The molecule has 0 atom stereocenters. The highest BCUT2D eigenvalue weighted by atomic mass is 16.6. The number of amides is 1. The fourth-order valence-corrected chi connectivity index (χ4v) is 4.03. The van der Waals surface area contributed by atoms with E-state index in [1.54, 1.807) is 0 Å². The predicted octanol–water partition coefficient (Wildman–Crippen LogP) is 3.69. The van der Waals surface area contributed by atoms with Gasteiger partial charge in [0, 0.05) is 19.5 Å². The molecule has 5 heteroatoms. The zero-order chi connectivity index (χ0) is 19.9. The van der Waals surface area contributed by atoms with Crippen molar-refractivity contribution in [2.75, 3.05) is 26.3 Å². The number of piperidine rings is 1. The number of carbonyl (C=O) groups excluding carboxylic acids is 1. The first kappa shape index (κ1) is 19.8. The third-order valence-electron chi connectivity index (χ3n) is 5.68. The molecule has 2 aromatic carbocycles. The zero-order valence-corrected chi connectivity index (χ0v) is 17.0. The normalized spacial score (nSPS) is 16.4. The Balaban J connectivity index is 1.27. The third-order valence-corrected chi connectivity index (χ3v) is 5.68. The van der Waals surface area contributed by atoms with Gasteiger partial charge in [-0.1, -0.05) is 36.8 Å². The summed E-state index contributed by atoms with van der Waals surface area (Å²) in [5, 5.41) is 3.10. The first-order valence-electron chi connectivity index (χ1n) is 10.7. The number of aryl methyl sites for hydroxylation is 1. The van der Waals surface area contributed by atoms with Crippen molar-refractivity contribution < 1.29 is 14.3 Å². The molecular weight excluding hydrogens is 364 g/mol. The van der Waals surface area contributed by atoms with Crippen molar-refractivity contribution in [3.05, 3.63) is 59.2 Å². The van der Waals surface area contributed by atoms with E-state index in [9.17, 15) is 4.79 Å². The lowest BCUT2D eigenvalue weighted by Gasteiger charge is -2.27. The van der Waals surface area contributed by atoms with Gasteiger partial charge in [0.05, 0.1) is 0 Å². The van der Waals surface area contributed by atoms with Gasteiger partial charge in [-0.05, 0) is 61.2 Å². The van der Waals surface area contributed by atoms with E-state index >= 15 is 0 Å². The molecule has 2 aromatic rings. The molecule has 1 fully saturated rings. The van der Waals surface area contributed by atoms with Crippen molar-refractivity contribution >= 4 is 5.91 Å². The lowest BCUT2D eigenvalue weighted by Crippen LogP contribution is -2.30. The van der Waals surface area contributed by atoms with Crippen molar-refractivity contribution in [1.82, 2.24) is 10.2 Å². The molecule has 2 aliphatic heterocycles. The molecule has 0 radical (unpaired) electrons. The Morgan fingerprint density at radius 3 is 2.52 bits per heavy atom. The van der Waals surface area contributed by atoms with Crippen LogP contribution in [-0.4, -0.2) is 37.1 Å². The Hall–Kier alpha value is -2.53. The van der Waals surface area contributed by atoms with Crippen molar-refractivity contribution in [3.63, 3.8) is 0 Å². The third kappa shape index (κ3) is 5.51. The fraction of sp³-hybridized carbons (Fsp3) is 0.458. The highest BCUT2D eigenvalue weighted by molar-refractivity contribution is 5.76. The summed E-state index contributed by atoms with van der Waals surface area (Å²) in [6.45, 7) is 5.08. The number of hydrogen-bond acceptors (Lipinski definition) is 4. The summed E-state index contributed by atoms with van der Waals surface area (Å²) in [5.74, 6) is 1.64. The van der Waals surface area contributed by atoms with Crippen LogP contribution < -0.4 is 14.8 Å². The summed E-state index contributed by atoms with van der Waals surface area (Å²) in [7, 11) is 0. The Labute approximate surface area is 173 Å². The highest BCUT2D eigenvalue weighted by Crippen LogP contribution is 2.31. The first-order valence-corrected chi connectivity index (χ1v) is 10.7. The van der Waals surface area contributed by atoms with Crippen molar-refractivity contribution in [2.45, 2.75) is 45.2 Å². The van der Waals surface area contributed by atoms with Crippen LogP contribution in [0.1, 0.15) is 42.4 Å². The average Bonchev–Trinajstić information content (AvgIpc) is 2.77. The van der Waals surface area contributed by atoms with Crippen LogP contribution in [-0.2, 0) is 24.3 Å². The largest absolute Gasteiger partial charge is 0.486 e. The van der Waals surface area contributed by atoms with Crippen LogP contribution in [0.15, 0.2) is 42.5 Å². The molecular formula is C24H30N2O3. The minimum Gasteiger partial charge on any atom is -0.486 e. The second-order valence-corrected chi connectivity index (χ2v) is 7.86. The summed E-state index contributed by atoms with van der Waals surface area (Å²) in [6, 6.07) is 14.4. The lowest BCUT2D eigenvalue weighted by molar-refractivity contribution is -0.121. The van der Waals surface area contributed by atoms with Crippen LogP contribution in [0.2, 0.25) is 0 Å². The molecule has 1 saturated heterocycles. The number of rotatable bonds is 7. The average molecular weight is 395 g/mol. The molecule has 29 heavy (non-hydrogen) atoms. The second kappa shape index (κ2) is 9.79. The van der Waals surface area contributed by atoms with Gasteiger partial charge in [-0.3, -0.25) is 9.69 Å². The molecule has 0 saturated carbocycles. The fourth-order valence-electron chi connectivity index (χ4n) is 4.03. The van der Waals surface area contributed by atoms with Crippen LogP contribution in [0.5, 0.6) is 11.5 Å². The van der Waals surface area contributed by atoms with Crippen molar-refractivity contribution in [3.8, 4) is 11.5 Å². The summed E-state index contributed by atoms with van der Waals surface area (Å²) >= 11 is 0. The number of nitrogens with zero attached hydrogens (tertiary/aromatic N) is 1. The summed E-state index contributed by atoms with van der Waals surface area (Å²) in [6.07, 6.45) is 5.08. The van der Waals surface area contributed by atoms with E-state index in [0.29, 0.717) is 32.6 Å². The highest BCUT2D eigenvalue weighted by Gasteiger charge is 2.14. The smallest absolute Gasteiger partial charge is 0.220 e. The van der Waals surface area contributed by atoms with Gasteiger partial charge in [-0.25, -0.2) is 0 Å². The van der Waals surface area contributed by atoms with Gasteiger partial charge in [-0.15, -0.1) is 0 Å². The van der Waals surface area contributed by atoms with Gasteiger partial charge >= 0.3 is 0 Å². The molecule has 0 aliphatic carbocycles. The number of likely N-dealkylation sites (tertiary alicyclic amines) is 1. The molecule has 0 bridgehead atoms. The second-order valence-electron chi connectivity index (χ2n) is 7.86. The van der Waals surface area contributed by atoms with E-state index in [1.165, 1.54) is 43.5 Å². The summed E-state index contributed by atoms with van der Waals surface area (Å²) in [4.78, 5) is 14.9. The standard InChI is InChI=1S/C24H30N2O3/c27-24(11-9-19-8-10-22-23(16-19)29-15-14-28-22)25-17-20-6-2-3-7-21(20)18-26-12-4-1-5-13-26/h2-3,6-8,10,16H,1,4-5,9,11-15,17-18H2,(H,25,27). The van der Waals surface area contributed by atoms with Crippen LogP contribution in [0.4, 0.5) is 0 Å². The number of benzene rings is 2. The maximum absolute atomic E-state index is 12.4. The molecule has 0 unspecified atom stereocenters. The van der Waals surface area contributed by atoms with Crippen LogP contribution in [0.3, 0.4) is 0 Å². The molecule has 2 aliphatic rings. The van der Waals surface area contributed by atoms with E-state index in [2.05, 4.69) is 34.5 Å². The predicted molar refractivity (Wildman–Crippen MR) is 113 cm³/mol. The van der Waals surface area contributed by atoms with Gasteiger partial charge in [0.2, 0.25) is 5.91 Å². The summed E-state index contributed by atoms with van der Waals surface area (Å²) < 4.78 is 11.2. The molecule has 0 aromatic heterocycles. The number of ether oxygens (including phenoxy) is 2. The zero-order valence-electron chi connectivity index (χ0n) is 17.0. The van der Waals surface area contributed by atoms with Gasteiger partial charge in [0.15, 0.2) is 11.5 Å². The Bertz CT molecular complexity index is 831. The Morgan fingerprint density at radius 2 is 1.69 bits per heavy atom. The van der Waals surface area contributed by atoms with E-state index < -0.39 is 0 Å². The molecule has 1 N–H and O–H groups in total. The van der Waals surface area contributed by atoms with Crippen LogP contribution in [0.25, 0.3) is 0 Å². The van der Waals surface area contributed by atoms with Gasteiger partial charge in [-0.2, -0.15) is 0 Å². The number of fused-ring (bicyclic) bond motifs is 1. The van der Waals surface area contributed by atoms with E-state index in [0.717, 1.165) is 23.6 Å². The van der Waals surface area contributed by atoms with Gasteiger partial charge in [0.1, 0.15) is 13.2 Å². The lowest BCUT2D eigenvalue weighted by atomic mass is 10.0. The minimum atomic E-state index is 0.0765. The molecule has 0 spiro atoms. The minimum absolute atomic E-state index is 0.0765. The quantitative estimate of drug-likeness (QED) is 0.778.